The maximum absolute atomic E-state index is 12.9. The lowest BCUT2D eigenvalue weighted by atomic mass is 10.1. The Hall–Kier alpha value is -3.38. The molecule has 0 heterocycles. The molecule has 0 aliphatic heterocycles. The zero-order valence-corrected chi connectivity index (χ0v) is 13.9. The van der Waals surface area contributed by atoms with Crippen molar-refractivity contribution >= 4 is 16.7 Å². The molecule has 0 radical (unpaired) electrons. The number of rotatable bonds is 5. The van der Waals surface area contributed by atoms with Gasteiger partial charge in [0.1, 0.15) is 0 Å². The first-order chi connectivity index (χ1) is 12.2. The van der Waals surface area contributed by atoms with Crippen LogP contribution in [0.4, 0.5) is 0 Å². The molecule has 0 aliphatic rings. The van der Waals surface area contributed by atoms with Gasteiger partial charge in [-0.2, -0.15) is 5.26 Å². The van der Waals surface area contributed by atoms with Crippen LogP contribution < -0.4 is 0 Å². The zero-order chi connectivity index (χ0) is 17.6. The normalized spacial score (nSPS) is 10.2. The Labute approximate surface area is 147 Å². The predicted octanol–water partition coefficient (Wildman–Crippen LogP) is 4.54. The van der Waals surface area contributed by atoms with Crippen LogP contribution in [0.2, 0.25) is 0 Å². The molecule has 0 aromatic heterocycles. The summed E-state index contributed by atoms with van der Waals surface area (Å²) in [6.07, 6.45) is 1.72. The van der Waals surface area contributed by atoms with Gasteiger partial charge in [0.2, 0.25) is 0 Å². The molecule has 3 nitrogen and oxygen atoms in total. The van der Waals surface area contributed by atoms with Crippen molar-refractivity contribution in [1.29, 1.82) is 5.26 Å². The van der Waals surface area contributed by atoms with E-state index in [9.17, 15) is 4.79 Å². The van der Waals surface area contributed by atoms with E-state index in [1.165, 1.54) is 0 Å². The van der Waals surface area contributed by atoms with Gasteiger partial charge < -0.3 is 4.90 Å². The van der Waals surface area contributed by atoms with E-state index in [0.29, 0.717) is 24.2 Å². The van der Waals surface area contributed by atoms with Gasteiger partial charge >= 0.3 is 0 Å². The molecule has 3 heteroatoms. The van der Waals surface area contributed by atoms with Gasteiger partial charge in [-0.15, -0.1) is 6.58 Å². The van der Waals surface area contributed by atoms with Gasteiger partial charge in [0.15, 0.2) is 0 Å². The Balaban J connectivity index is 1.86. The first-order valence-corrected chi connectivity index (χ1v) is 8.09. The van der Waals surface area contributed by atoms with E-state index < -0.39 is 0 Å². The molecule has 25 heavy (non-hydrogen) atoms. The smallest absolute Gasteiger partial charge is 0.254 e. The summed E-state index contributed by atoms with van der Waals surface area (Å²) in [7, 11) is 0. The van der Waals surface area contributed by atoms with Crippen LogP contribution in [0.3, 0.4) is 0 Å². The number of fused-ring (bicyclic) bond motifs is 1. The molecular formula is C22H18N2O. The molecule has 0 saturated heterocycles. The van der Waals surface area contributed by atoms with Crippen molar-refractivity contribution in [3.63, 3.8) is 0 Å². The molecule has 0 fully saturated rings. The Morgan fingerprint density at radius 3 is 2.44 bits per heavy atom. The lowest BCUT2D eigenvalue weighted by Crippen LogP contribution is -2.30. The second-order valence-electron chi connectivity index (χ2n) is 5.85. The third-order valence-electron chi connectivity index (χ3n) is 4.09. The first kappa shape index (κ1) is 16.5. The fourth-order valence-corrected chi connectivity index (χ4v) is 2.79. The van der Waals surface area contributed by atoms with E-state index >= 15 is 0 Å². The molecule has 0 bridgehead atoms. The topological polar surface area (TPSA) is 44.1 Å². The molecule has 0 N–H and O–H groups in total. The number of amides is 1. The van der Waals surface area contributed by atoms with Gasteiger partial charge in [-0.05, 0) is 40.6 Å². The van der Waals surface area contributed by atoms with Crippen molar-refractivity contribution in [1.82, 2.24) is 4.90 Å². The standard InChI is InChI=1S/C22H18N2O/c1-2-13-24(16-18-9-7-17(15-23)8-10-18)22(25)21-12-11-19-5-3-4-6-20(19)14-21/h2-12,14H,1,13,16H2. The van der Waals surface area contributed by atoms with E-state index in [4.69, 9.17) is 5.26 Å². The SMILES string of the molecule is C=CCN(Cc1ccc(C#N)cc1)C(=O)c1ccc2ccccc2c1. The van der Waals surface area contributed by atoms with Crippen LogP contribution in [0.1, 0.15) is 21.5 Å². The molecule has 1 amide bonds. The second-order valence-corrected chi connectivity index (χ2v) is 5.85. The average Bonchev–Trinajstić information content (AvgIpc) is 2.67. The van der Waals surface area contributed by atoms with Crippen molar-refractivity contribution in [3.05, 3.63) is 96.1 Å². The lowest BCUT2D eigenvalue weighted by Gasteiger charge is -2.21. The summed E-state index contributed by atoms with van der Waals surface area (Å²) in [5, 5.41) is 11.0. The Morgan fingerprint density at radius 2 is 1.76 bits per heavy atom. The Kier molecular flexibility index (Phi) is 4.92. The van der Waals surface area contributed by atoms with Crippen LogP contribution in [0.25, 0.3) is 10.8 Å². The number of nitrogens with zero attached hydrogens (tertiary/aromatic N) is 2. The minimum absolute atomic E-state index is 0.0324. The molecular weight excluding hydrogens is 308 g/mol. The molecule has 0 atom stereocenters. The van der Waals surface area contributed by atoms with E-state index in [0.717, 1.165) is 16.3 Å². The maximum atomic E-state index is 12.9. The third kappa shape index (κ3) is 3.76. The van der Waals surface area contributed by atoms with E-state index in [2.05, 4.69) is 12.6 Å². The Bertz CT molecular complexity index is 952. The summed E-state index contributed by atoms with van der Waals surface area (Å²) >= 11 is 0. The van der Waals surface area contributed by atoms with Crippen molar-refractivity contribution in [2.45, 2.75) is 6.54 Å². The minimum atomic E-state index is -0.0324. The number of carbonyl (C=O) groups excluding carboxylic acids is 1. The van der Waals surface area contributed by atoms with Crippen LogP contribution in [0.5, 0.6) is 0 Å². The number of hydrogen-bond donors (Lipinski definition) is 0. The van der Waals surface area contributed by atoms with Crippen LogP contribution in [-0.4, -0.2) is 17.4 Å². The van der Waals surface area contributed by atoms with Crippen LogP contribution in [-0.2, 0) is 6.54 Å². The first-order valence-electron chi connectivity index (χ1n) is 8.09. The van der Waals surface area contributed by atoms with Crippen LogP contribution >= 0.6 is 0 Å². The molecule has 0 spiro atoms. The minimum Gasteiger partial charge on any atom is -0.331 e. The number of hydrogen-bond acceptors (Lipinski definition) is 2. The summed E-state index contributed by atoms with van der Waals surface area (Å²) in [6.45, 7) is 4.70. The van der Waals surface area contributed by atoms with E-state index in [-0.39, 0.29) is 5.91 Å². The molecule has 0 saturated carbocycles. The van der Waals surface area contributed by atoms with Crippen molar-refractivity contribution in [2.75, 3.05) is 6.54 Å². The van der Waals surface area contributed by atoms with Gasteiger partial charge in [-0.25, -0.2) is 0 Å². The molecule has 122 valence electrons. The largest absolute Gasteiger partial charge is 0.331 e. The average molecular weight is 326 g/mol. The molecule has 0 unspecified atom stereocenters. The maximum Gasteiger partial charge on any atom is 0.254 e. The monoisotopic (exact) mass is 326 g/mol. The summed E-state index contributed by atoms with van der Waals surface area (Å²) in [6, 6.07) is 23.1. The highest BCUT2D eigenvalue weighted by atomic mass is 16.2. The highest BCUT2D eigenvalue weighted by molar-refractivity contribution is 5.98. The molecule has 3 rings (SSSR count). The molecule has 3 aromatic carbocycles. The molecule has 0 aliphatic carbocycles. The fourth-order valence-electron chi connectivity index (χ4n) is 2.79. The fraction of sp³-hybridized carbons (Fsp3) is 0.0909. The van der Waals surface area contributed by atoms with Crippen molar-refractivity contribution in [2.24, 2.45) is 0 Å². The van der Waals surface area contributed by atoms with Gasteiger partial charge in [-0.1, -0.05) is 48.5 Å². The van der Waals surface area contributed by atoms with E-state index in [1.54, 1.807) is 23.1 Å². The Morgan fingerprint density at radius 1 is 1.04 bits per heavy atom. The van der Waals surface area contributed by atoms with Crippen LogP contribution in [0, 0.1) is 11.3 Å². The van der Waals surface area contributed by atoms with Crippen LogP contribution in [0.15, 0.2) is 79.4 Å². The van der Waals surface area contributed by atoms with Gasteiger partial charge in [0.25, 0.3) is 5.91 Å². The lowest BCUT2D eigenvalue weighted by molar-refractivity contribution is 0.0763. The molecule has 3 aromatic rings. The van der Waals surface area contributed by atoms with Gasteiger partial charge in [-0.3, -0.25) is 4.79 Å². The summed E-state index contributed by atoms with van der Waals surface area (Å²) in [5.74, 6) is -0.0324. The second kappa shape index (κ2) is 7.46. The number of benzene rings is 3. The van der Waals surface area contributed by atoms with Crippen molar-refractivity contribution in [3.8, 4) is 6.07 Å². The predicted molar refractivity (Wildman–Crippen MR) is 100 cm³/mol. The zero-order valence-electron chi connectivity index (χ0n) is 13.9. The van der Waals surface area contributed by atoms with Crippen molar-refractivity contribution < 1.29 is 4.79 Å². The summed E-state index contributed by atoms with van der Waals surface area (Å²) in [5.41, 5.74) is 2.25. The highest BCUT2D eigenvalue weighted by Crippen LogP contribution is 2.18. The number of carbonyl (C=O) groups is 1. The highest BCUT2D eigenvalue weighted by Gasteiger charge is 2.15. The number of nitriles is 1. The third-order valence-corrected chi connectivity index (χ3v) is 4.09. The summed E-state index contributed by atoms with van der Waals surface area (Å²) in [4.78, 5) is 14.7. The van der Waals surface area contributed by atoms with E-state index in [1.807, 2.05) is 54.6 Å². The summed E-state index contributed by atoms with van der Waals surface area (Å²) < 4.78 is 0. The van der Waals surface area contributed by atoms with Gasteiger partial charge in [0, 0.05) is 18.7 Å². The van der Waals surface area contributed by atoms with Gasteiger partial charge in [0.05, 0.1) is 11.6 Å². The quantitative estimate of drug-likeness (QED) is 0.646.